The van der Waals surface area contributed by atoms with Gasteiger partial charge in [0.1, 0.15) is 5.57 Å². The smallest absolute Gasteiger partial charge is 0.270 e. The quantitative estimate of drug-likeness (QED) is 0.380. The minimum Gasteiger partial charge on any atom is -0.366 e. The average molecular weight is 462 g/mol. The number of benzene rings is 2. The van der Waals surface area contributed by atoms with Crippen LogP contribution in [0.5, 0.6) is 0 Å². The van der Waals surface area contributed by atoms with E-state index >= 15 is 0 Å². The van der Waals surface area contributed by atoms with Crippen molar-refractivity contribution in [3.05, 3.63) is 64.7 Å². The van der Waals surface area contributed by atoms with Gasteiger partial charge in [0.25, 0.3) is 11.8 Å². The highest BCUT2D eigenvalue weighted by Gasteiger charge is 2.37. The van der Waals surface area contributed by atoms with Crippen molar-refractivity contribution >= 4 is 46.6 Å². The van der Waals surface area contributed by atoms with Crippen LogP contribution in [0.4, 0.5) is 11.4 Å². The molecule has 172 valence electrons. The minimum absolute atomic E-state index is 0.0827. The van der Waals surface area contributed by atoms with Crippen molar-refractivity contribution in [2.24, 2.45) is 0 Å². The second-order valence-electron chi connectivity index (χ2n) is 9.68. The van der Waals surface area contributed by atoms with Gasteiger partial charge in [-0.1, -0.05) is 32.0 Å². The van der Waals surface area contributed by atoms with Crippen LogP contribution < -0.4 is 15.1 Å². The number of carbonyl (C=O) groups excluding carboxylic acids is 2. The van der Waals surface area contributed by atoms with Crippen LogP contribution >= 0.6 is 12.2 Å². The van der Waals surface area contributed by atoms with E-state index < -0.39 is 11.8 Å². The number of nitrogens with one attached hydrogen (secondary N) is 1. The third kappa shape index (κ3) is 4.32. The number of nitrogens with zero attached hydrogens (tertiary/aromatic N) is 2. The normalized spacial score (nSPS) is 21.3. The van der Waals surface area contributed by atoms with E-state index in [9.17, 15) is 9.59 Å². The summed E-state index contributed by atoms with van der Waals surface area (Å²) >= 11 is 5.32. The summed E-state index contributed by atoms with van der Waals surface area (Å²) in [7, 11) is 0. The summed E-state index contributed by atoms with van der Waals surface area (Å²) < 4.78 is 0. The van der Waals surface area contributed by atoms with Crippen LogP contribution in [-0.2, 0) is 9.59 Å². The zero-order valence-electron chi connectivity index (χ0n) is 19.9. The monoisotopic (exact) mass is 461 g/mol. The molecule has 5 nitrogen and oxygen atoms in total. The molecule has 1 atom stereocenters. The number of amides is 2. The Labute approximate surface area is 201 Å². The van der Waals surface area contributed by atoms with Gasteiger partial charge < -0.3 is 4.90 Å². The molecule has 2 aromatic carbocycles. The molecule has 2 aliphatic heterocycles. The number of rotatable bonds is 4. The van der Waals surface area contributed by atoms with E-state index in [0.717, 1.165) is 30.5 Å². The second kappa shape index (κ2) is 8.75. The first kappa shape index (κ1) is 23.2. The van der Waals surface area contributed by atoms with E-state index in [4.69, 9.17) is 12.2 Å². The van der Waals surface area contributed by atoms with Crippen molar-refractivity contribution in [1.29, 1.82) is 0 Å². The maximum absolute atomic E-state index is 13.3. The number of thiocarbonyl (C=S) groups is 1. The van der Waals surface area contributed by atoms with Gasteiger partial charge in [0.2, 0.25) is 0 Å². The molecular weight excluding hydrogens is 430 g/mol. The topological polar surface area (TPSA) is 52.7 Å². The summed E-state index contributed by atoms with van der Waals surface area (Å²) in [5.41, 5.74) is 5.16. The summed E-state index contributed by atoms with van der Waals surface area (Å²) in [5.74, 6) is -0.490. The third-order valence-electron chi connectivity index (χ3n) is 6.53. The van der Waals surface area contributed by atoms with E-state index in [1.165, 1.54) is 16.2 Å². The van der Waals surface area contributed by atoms with E-state index in [1.54, 1.807) is 6.08 Å². The fourth-order valence-electron chi connectivity index (χ4n) is 5.07. The van der Waals surface area contributed by atoms with Crippen molar-refractivity contribution < 1.29 is 9.59 Å². The Morgan fingerprint density at radius 1 is 1.18 bits per heavy atom. The van der Waals surface area contributed by atoms with Gasteiger partial charge in [0, 0.05) is 17.8 Å². The first-order chi connectivity index (χ1) is 15.6. The zero-order valence-corrected chi connectivity index (χ0v) is 20.8. The number of carbonyl (C=O) groups is 2. The molecule has 1 fully saturated rings. The second-order valence-corrected chi connectivity index (χ2v) is 10.1. The summed E-state index contributed by atoms with van der Waals surface area (Å²) in [6.45, 7) is 12.0. The maximum atomic E-state index is 13.3. The standard InChI is InChI=1S/C27H31N3O2S/c1-6-12-29-23-11-10-19(14-21(23)18(3)16-27(29,4)5)15-22-24(31)28-26(33)30(25(22)32)20-9-7-8-17(2)13-20/h7-11,13-15,18H,6,12,16H2,1-5H3,(H,28,31,33)/b22-15-. The Morgan fingerprint density at radius 2 is 1.94 bits per heavy atom. The summed E-state index contributed by atoms with van der Waals surface area (Å²) in [6, 6.07) is 13.8. The number of hydrogen-bond donors (Lipinski definition) is 1. The van der Waals surface area contributed by atoms with Crippen molar-refractivity contribution in [3.8, 4) is 0 Å². The van der Waals surface area contributed by atoms with Crippen LogP contribution in [0.2, 0.25) is 0 Å². The molecule has 33 heavy (non-hydrogen) atoms. The largest absolute Gasteiger partial charge is 0.366 e. The molecule has 0 bridgehead atoms. The molecule has 1 saturated heterocycles. The molecule has 6 heteroatoms. The van der Waals surface area contributed by atoms with Gasteiger partial charge in [-0.3, -0.25) is 19.8 Å². The Balaban J connectivity index is 1.72. The number of hydrogen-bond acceptors (Lipinski definition) is 4. The molecule has 0 saturated carbocycles. The predicted molar refractivity (Wildman–Crippen MR) is 139 cm³/mol. The molecule has 0 aromatic heterocycles. The molecule has 2 amide bonds. The summed E-state index contributed by atoms with van der Waals surface area (Å²) in [4.78, 5) is 29.9. The lowest BCUT2D eigenvalue weighted by Gasteiger charge is -2.47. The first-order valence-corrected chi connectivity index (χ1v) is 11.9. The van der Waals surface area contributed by atoms with E-state index in [-0.39, 0.29) is 16.2 Å². The highest BCUT2D eigenvalue weighted by molar-refractivity contribution is 7.80. The van der Waals surface area contributed by atoms with Crippen LogP contribution in [0.15, 0.2) is 48.0 Å². The average Bonchev–Trinajstić information content (AvgIpc) is 2.74. The first-order valence-electron chi connectivity index (χ1n) is 11.5. The molecule has 0 spiro atoms. The van der Waals surface area contributed by atoms with Crippen LogP contribution in [0, 0.1) is 6.92 Å². The Kier molecular flexibility index (Phi) is 6.14. The van der Waals surface area contributed by atoms with Gasteiger partial charge in [0.15, 0.2) is 5.11 Å². The highest BCUT2D eigenvalue weighted by Crippen LogP contribution is 2.43. The van der Waals surface area contributed by atoms with Crippen molar-refractivity contribution in [2.45, 2.75) is 58.9 Å². The molecule has 2 heterocycles. The lowest BCUT2D eigenvalue weighted by atomic mass is 9.79. The third-order valence-corrected chi connectivity index (χ3v) is 6.81. The minimum atomic E-state index is -0.464. The zero-order chi connectivity index (χ0) is 23.9. The maximum Gasteiger partial charge on any atom is 0.270 e. The molecule has 2 aliphatic rings. The van der Waals surface area contributed by atoms with Crippen LogP contribution in [0.25, 0.3) is 6.08 Å². The predicted octanol–water partition coefficient (Wildman–Crippen LogP) is 5.33. The lowest BCUT2D eigenvalue weighted by Crippen LogP contribution is -2.54. The Bertz CT molecular complexity index is 1170. The van der Waals surface area contributed by atoms with E-state index in [1.807, 2.05) is 37.3 Å². The summed E-state index contributed by atoms with van der Waals surface area (Å²) in [5, 5.41) is 2.78. The van der Waals surface area contributed by atoms with Gasteiger partial charge >= 0.3 is 0 Å². The van der Waals surface area contributed by atoms with Gasteiger partial charge in [0.05, 0.1) is 5.69 Å². The Morgan fingerprint density at radius 3 is 2.64 bits per heavy atom. The fourth-order valence-corrected chi connectivity index (χ4v) is 5.35. The molecule has 1 N–H and O–H groups in total. The molecule has 0 aliphatic carbocycles. The molecule has 2 aromatic rings. The van der Waals surface area contributed by atoms with Gasteiger partial charge in [-0.15, -0.1) is 0 Å². The van der Waals surface area contributed by atoms with Gasteiger partial charge in [-0.25, -0.2) is 0 Å². The molecule has 4 rings (SSSR count). The van der Waals surface area contributed by atoms with Gasteiger partial charge in [-0.05, 0) is 98.8 Å². The van der Waals surface area contributed by atoms with Crippen LogP contribution in [0.3, 0.4) is 0 Å². The van der Waals surface area contributed by atoms with Crippen LogP contribution in [0.1, 0.15) is 63.1 Å². The molecular formula is C27H31N3O2S. The highest BCUT2D eigenvalue weighted by atomic mass is 32.1. The van der Waals surface area contributed by atoms with E-state index in [2.05, 4.69) is 50.0 Å². The van der Waals surface area contributed by atoms with E-state index in [0.29, 0.717) is 11.6 Å². The van der Waals surface area contributed by atoms with Crippen molar-refractivity contribution in [3.63, 3.8) is 0 Å². The lowest BCUT2D eigenvalue weighted by molar-refractivity contribution is -0.122. The van der Waals surface area contributed by atoms with Crippen molar-refractivity contribution in [2.75, 3.05) is 16.3 Å². The number of anilines is 2. The van der Waals surface area contributed by atoms with Crippen LogP contribution in [-0.4, -0.2) is 29.0 Å². The Hall–Kier alpha value is -2.99. The molecule has 1 unspecified atom stereocenters. The number of aryl methyl sites for hydroxylation is 1. The number of fused-ring (bicyclic) bond motifs is 1. The fraction of sp³-hybridized carbons (Fsp3) is 0.370. The van der Waals surface area contributed by atoms with Crippen molar-refractivity contribution in [1.82, 2.24) is 5.32 Å². The SMILES string of the molecule is CCCN1c2ccc(/C=C3/C(=O)NC(=S)N(c4cccc(C)c4)C3=O)cc2C(C)CC1(C)C. The van der Waals surface area contributed by atoms with Gasteiger partial charge in [-0.2, -0.15) is 0 Å². The molecule has 0 radical (unpaired) electrons. The summed E-state index contributed by atoms with van der Waals surface area (Å²) in [6.07, 6.45) is 3.81.